The van der Waals surface area contributed by atoms with E-state index in [-0.39, 0.29) is 5.91 Å². The molecule has 0 aliphatic heterocycles. The zero-order chi connectivity index (χ0) is 14.8. The number of amides is 1. The van der Waals surface area contributed by atoms with Crippen molar-refractivity contribution in [3.63, 3.8) is 0 Å². The smallest absolute Gasteiger partial charge is 0.276 e. The minimum absolute atomic E-state index is 0.289. The van der Waals surface area contributed by atoms with Crippen molar-refractivity contribution in [3.8, 4) is 5.69 Å². The number of carbonyl (C=O) groups excluding carboxylic acids is 1. The Balaban J connectivity index is 1.96. The van der Waals surface area contributed by atoms with Crippen molar-refractivity contribution in [3.05, 3.63) is 52.0 Å². The Labute approximate surface area is 129 Å². The molecule has 0 atom stereocenters. The van der Waals surface area contributed by atoms with Crippen LogP contribution in [0.15, 0.2) is 36.5 Å². The second-order valence-corrected chi connectivity index (χ2v) is 5.80. The summed E-state index contributed by atoms with van der Waals surface area (Å²) in [6, 6.07) is 9.45. The standard InChI is InChI=1S/C13H11N5OS2/c1-8-16-17-12(21-8)15-11(19)10-7-14-13(20)18(10)9-5-3-2-4-6-9/h2-7H,1H3,(H,14,20)(H,15,17,19). The highest BCUT2D eigenvalue weighted by Crippen LogP contribution is 2.17. The summed E-state index contributed by atoms with van der Waals surface area (Å²) in [6.45, 7) is 1.83. The van der Waals surface area contributed by atoms with E-state index in [9.17, 15) is 4.79 Å². The van der Waals surface area contributed by atoms with Crippen molar-refractivity contribution >= 4 is 34.6 Å². The molecule has 0 saturated heterocycles. The van der Waals surface area contributed by atoms with Crippen molar-refractivity contribution in [1.29, 1.82) is 0 Å². The van der Waals surface area contributed by atoms with E-state index in [1.165, 1.54) is 11.3 Å². The monoisotopic (exact) mass is 317 g/mol. The van der Waals surface area contributed by atoms with Crippen molar-refractivity contribution in [2.24, 2.45) is 0 Å². The van der Waals surface area contributed by atoms with Gasteiger partial charge in [0.2, 0.25) is 5.13 Å². The molecule has 106 valence electrons. The summed E-state index contributed by atoms with van der Waals surface area (Å²) >= 11 is 6.56. The summed E-state index contributed by atoms with van der Waals surface area (Å²) in [6.07, 6.45) is 1.58. The molecule has 0 aliphatic rings. The van der Waals surface area contributed by atoms with Gasteiger partial charge in [-0.05, 0) is 31.3 Å². The lowest BCUT2D eigenvalue weighted by molar-refractivity contribution is 0.102. The van der Waals surface area contributed by atoms with Crippen LogP contribution >= 0.6 is 23.6 Å². The van der Waals surface area contributed by atoms with Crippen LogP contribution in [0.2, 0.25) is 0 Å². The van der Waals surface area contributed by atoms with Crippen molar-refractivity contribution in [2.45, 2.75) is 6.92 Å². The molecule has 3 aromatic rings. The van der Waals surface area contributed by atoms with Gasteiger partial charge >= 0.3 is 0 Å². The molecule has 2 aromatic heterocycles. The van der Waals surface area contributed by atoms with Crippen molar-refractivity contribution in [2.75, 3.05) is 5.32 Å². The fourth-order valence-corrected chi connectivity index (χ4v) is 2.73. The fourth-order valence-electron chi connectivity index (χ4n) is 1.88. The number of hydrogen-bond acceptors (Lipinski definition) is 5. The van der Waals surface area contributed by atoms with E-state index in [0.29, 0.717) is 15.6 Å². The molecule has 21 heavy (non-hydrogen) atoms. The molecule has 1 aromatic carbocycles. The van der Waals surface area contributed by atoms with E-state index in [1.807, 2.05) is 37.3 Å². The highest BCUT2D eigenvalue weighted by Gasteiger charge is 2.15. The summed E-state index contributed by atoms with van der Waals surface area (Å²) in [5.41, 5.74) is 1.24. The predicted molar refractivity (Wildman–Crippen MR) is 83.6 cm³/mol. The molecular formula is C13H11N5OS2. The third kappa shape index (κ3) is 2.76. The molecule has 0 aliphatic carbocycles. The number of aryl methyl sites for hydroxylation is 1. The molecular weight excluding hydrogens is 306 g/mol. The highest BCUT2D eigenvalue weighted by molar-refractivity contribution is 7.71. The largest absolute Gasteiger partial charge is 0.336 e. The summed E-state index contributed by atoms with van der Waals surface area (Å²) in [4.78, 5) is 15.3. The maximum atomic E-state index is 12.4. The second-order valence-electron chi connectivity index (χ2n) is 4.23. The van der Waals surface area contributed by atoms with Gasteiger partial charge < -0.3 is 4.98 Å². The molecule has 0 spiro atoms. The number of hydrogen-bond donors (Lipinski definition) is 2. The zero-order valence-electron chi connectivity index (χ0n) is 11.0. The molecule has 8 heteroatoms. The number of para-hydroxylation sites is 1. The SMILES string of the molecule is Cc1nnc(NC(=O)c2c[nH]c(=S)n2-c2ccccc2)s1. The van der Waals surface area contributed by atoms with E-state index in [2.05, 4.69) is 20.5 Å². The molecule has 6 nitrogen and oxygen atoms in total. The van der Waals surface area contributed by atoms with Gasteiger partial charge in [-0.15, -0.1) is 10.2 Å². The van der Waals surface area contributed by atoms with E-state index < -0.39 is 0 Å². The Morgan fingerprint density at radius 2 is 2.10 bits per heavy atom. The summed E-state index contributed by atoms with van der Waals surface area (Å²) in [5.74, 6) is -0.289. The molecule has 0 radical (unpaired) electrons. The number of aromatic amines is 1. The van der Waals surface area contributed by atoms with Gasteiger partial charge in [-0.1, -0.05) is 29.5 Å². The normalized spacial score (nSPS) is 10.5. The second kappa shape index (κ2) is 5.58. The van der Waals surface area contributed by atoms with Crippen LogP contribution in [0.5, 0.6) is 0 Å². The van der Waals surface area contributed by atoms with Gasteiger partial charge in [0.25, 0.3) is 5.91 Å². The van der Waals surface area contributed by atoms with Gasteiger partial charge in [0.15, 0.2) is 4.77 Å². The molecule has 3 rings (SSSR count). The highest BCUT2D eigenvalue weighted by atomic mass is 32.1. The van der Waals surface area contributed by atoms with Crippen LogP contribution in [-0.2, 0) is 0 Å². The van der Waals surface area contributed by atoms with Crippen LogP contribution in [0.3, 0.4) is 0 Å². The Bertz CT molecular complexity index is 834. The lowest BCUT2D eigenvalue weighted by Crippen LogP contribution is -2.16. The number of nitrogens with zero attached hydrogens (tertiary/aromatic N) is 3. The number of H-pyrrole nitrogens is 1. The van der Waals surface area contributed by atoms with Crippen LogP contribution in [0, 0.1) is 11.7 Å². The third-order valence-electron chi connectivity index (χ3n) is 2.77. The lowest BCUT2D eigenvalue weighted by atomic mass is 10.3. The van der Waals surface area contributed by atoms with Gasteiger partial charge in [0, 0.05) is 11.9 Å². The number of aromatic nitrogens is 4. The minimum atomic E-state index is -0.289. The first-order valence-corrected chi connectivity index (χ1v) is 7.35. The number of imidazole rings is 1. The van der Waals surface area contributed by atoms with Gasteiger partial charge in [-0.3, -0.25) is 14.7 Å². The molecule has 0 bridgehead atoms. The number of carbonyl (C=O) groups is 1. The first kappa shape index (κ1) is 13.7. The Morgan fingerprint density at radius 1 is 1.33 bits per heavy atom. The number of anilines is 1. The topological polar surface area (TPSA) is 75.6 Å². The van der Waals surface area contributed by atoms with Crippen molar-refractivity contribution < 1.29 is 4.79 Å². The number of rotatable bonds is 3. The van der Waals surface area contributed by atoms with Gasteiger partial charge in [-0.25, -0.2) is 0 Å². The van der Waals surface area contributed by atoms with E-state index >= 15 is 0 Å². The van der Waals surface area contributed by atoms with Gasteiger partial charge in [0.1, 0.15) is 10.7 Å². The van der Waals surface area contributed by atoms with Crippen LogP contribution in [0.4, 0.5) is 5.13 Å². The Morgan fingerprint density at radius 3 is 2.76 bits per heavy atom. The first-order chi connectivity index (χ1) is 10.1. The predicted octanol–water partition coefficient (Wildman–Crippen LogP) is 2.95. The molecule has 1 amide bonds. The molecule has 2 N–H and O–H groups in total. The van der Waals surface area contributed by atoms with E-state index in [0.717, 1.165) is 10.7 Å². The quantitative estimate of drug-likeness (QED) is 0.728. The van der Waals surface area contributed by atoms with Gasteiger partial charge in [-0.2, -0.15) is 0 Å². The Kier molecular flexibility index (Phi) is 3.63. The number of nitrogens with one attached hydrogen (secondary N) is 2. The Hall–Kier alpha value is -2.32. The molecule has 0 unspecified atom stereocenters. The third-order valence-corrected chi connectivity index (χ3v) is 3.82. The molecule has 2 heterocycles. The summed E-state index contributed by atoms with van der Waals surface area (Å²) < 4.78 is 2.14. The van der Waals surface area contributed by atoms with Gasteiger partial charge in [0.05, 0.1) is 0 Å². The van der Waals surface area contributed by atoms with Crippen LogP contribution < -0.4 is 5.32 Å². The van der Waals surface area contributed by atoms with Crippen LogP contribution in [0.25, 0.3) is 5.69 Å². The molecule has 0 saturated carbocycles. The van der Waals surface area contributed by atoms with E-state index in [1.54, 1.807) is 10.8 Å². The minimum Gasteiger partial charge on any atom is -0.336 e. The first-order valence-electron chi connectivity index (χ1n) is 6.12. The fraction of sp³-hybridized carbons (Fsp3) is 0.0769. The maximum Gasteiger partial charge on any atom is 0.276 e. The average Bonchev–Trinajstić information content (AvgIpc) is 3.06. The van der Waals surface area contributed by atoms with Crippen molar-refractivity contribution in [1.82, 2.24) is 19.7 Å². The van der Waals surface area contributed by atoms with Crippen LogP contribution in [0.1, 0.15) is 15.5 Å². The summed E-state index contributed by atoms with van der Waals surface area (Å²) in [5, 5.41) is 11.7. The molecule has 0 fully saturated rings. The lowest BCUT2D eigenvalue weighted by Gasteiger charge is -2.07. The maximum absolute atomic E-state index is 12.4. The van der Waals surface area contributed by atoms with E-state index in [4.69, 9.17) is 12.2 Å². The number of benzene rings is 1. The van der Waals surface area contributed by atoms with Crippen LogP contribution in [-0.4, -0.2) is 25.7 Å². The average molecular weight is 317 g/mol. The zero-order valence-corrected chi connectivity index (χ0v) is 12.7. The summed E-state index contributed by atoms with van der Waals surface area (Å²) in [7, 11) is 0.